The molecule has 1 heterocycles. The van der Waals surface area contributed by atoms with Crippen LogP contribution >= 0.6 is 23.1 Å². The lowest BCUT2D eigenvalue weighted by atomic mass is 10.2. The van der Waals surface area contributed by atoms with Crippen molar-refractivity contribution in [3.8, 4) is 0 Å². The van der Waals surface area contributed by atoms with Crippen LogP contribution in [0.1, 0.15) is 30.8 Å². The summed E-state index contributed by atoms with van der Waals surface area (Å²) < 4.78 is 5.07. The fraction of sp³-hybridized carbons (Fsp3) is 0.800. The number of hydrogen-bond acceptors (Lipinski definition) is 6. The van der Waals surface area contributed by atoms with E-state index in [1.165, 1.54) is 10.6 Å². The van der Waals surface area contributed by atoms with Crippen LogP contribution in [0, 0.1) is 0 Å². The molecule has 1 N–H and O–H groups in total. The molecule has 1 unspecified atom stereocenters. The number of aromatic nitrogens is 1. The van der Waals surface area contributed by atoms with Gasteiger partial charge < -0.3 is 15.0 Å². The van der Waals surface area contributed by atoms with Crippen molar-refractivity contribution in [1.29, 1.82) is 0 Å². The van der Waals surface area contributed by atoms with E-state index in [0.29, 0.717) is 6.04 Å². The molecule has 1 aromatic heterocycles. The molecular weight excluding hydrogens is 302 g/mol. The Bertz CT molecular complexity index is 398. The van der Waals surface area contributed by atoms with Gasteiger partial charge in [0.15, 0.2) is 5.13 Å². The Hall–Kier alpha value is -0.300. The van der Waals surface area contributed by atoms with Crippen LogP contribution in [0.25, 0.3) is 0 Å². The second-order valence-electron chi connectivity index (χ2n) is 5.20. The number of nitrogens with zero attached hydrogens (tertiary/aromatic N) is 2. The molecule has 0 aliphatic heterocycles. The van der Waals surface area contributed by atoms with Gasteiger partial charge in [-0.1, -0.05) is 13.3 Å². The van der Waals surface area contributed by atoms with E-state index in [1.54, 1.807) is 7.11 Å². The third kappa shape index (κ3) is 6.14. The summed E-state index contributed by atoms with van der Waals surface area (Å²) in [5.74, 6) is 1.13. The maximum Gasteiger partial charge on any atom is 0.185 e. The Morgan fingerprint density at radius 3 is 2.86 bits per heavy atom. The van der Waals surface area contributed by atoms with Crippen LogP contribution < -0.4 is 10.2 Å². The van der Waals surface area contributed by atoms with Crippen molar-refractivity contribution in [2.24, 2.45) is 0 Å². The fourth-order valence-electron chi connectivity index (χ4n) is 2.01. The molecule has 1 atom stereocenters. The minimum atomic E-state index is 0.509. The van der Waals surface area contributed by atoms with E-state index in [0.717, 1.165) is 43.4 Å². The molecular formula is C15H29N3OS2. The van der Waals surface area contributed by atoms with E-state index in [1.807, 2.05) is 23.1 Å². The van der Waals surface area contributed by atoms with E-state index in [9.17, 15) is 0 Å². The highest BCUT2D eigenvalue weighted by Crippen LogP contribution is 2.28. The van der Waals surface area contributed by atoms with Crippen LogP contribution in [-0.2, 0) is 17.7 Å². The maximum atomic E-state index is 5.07. The average Bonchev–Trinajstić information content (AvgIpc) is 2.86. The van der Waals surface area contributed by atoms with Crippen molar-refractivity contribution in [1.82, 2.24) is 10.3 Å². The minimum Gasteiger partial charge on any atom is -0.383 e. The second-order valence-corrected chi connectivity index (χ2v) is 7.17. The third-order valence-corrected chi connectivity index (χ3v) is 5.40. The first-order chi connectivity index (χ1) is 10.1. The lowest BCUT2D eigenvalue weighted by Crippen LogP contribution is -2.30. The summed E-state index contributed by atoms with van der Waals surface area (Å²) in [6.07, 6.45) is 4.35. The fourth-order valence-corrected chi connectivity index (χ4v) is 3.85. The van der Waals surface area contributed by atoms with Gasteiger partial charge in [0.05, 0.1) is 12.3 Å². The molecule has 1 rings (SSSR count). The zero-order valence-electron chi connectivity index (χ0n) is 13.9. The molecule has 0 bridgehead atoms. The van der Waals surface area contributed by atoms with Crippen molar-refractivity contribution < 1.29 is 4.74 Å². The first-order valence-electron chi connectivity index (χ1n) is 7.54. The van der Waals surface area contributed by atoms with Crippen molar-refractivity contribution in [2.45, 2.75) is 39.3 Å². The molecule has 1 aromatic rings. The lowest BCUT2D eigenvalue weighted by molar-refractivity contribution is 0.199. The summed E-state index contributed by atoms with van der Waals surface area (Å²) in [6, 6.07) is 0.509. The van der Waals surface area contributed by atoms with Crippen LogP contribution in [-0.4, -0.2) is 50.3 Å². The van der Waals surface area contributed by atoms with Gasteiger partial charge in [-0.15, -0.1) is 11.3 Å². The summed E-state index contributed by atoms with van der Waals surface area (Å²) in [5, 5.41) is 4.57. The van der Waals surface area contributed by atoms with Gasteiger partial charge in [0, 0.05) is 43.9 Å². The Morgan fingerprint density at radius 1 is 1.48 bits per heavy atom. The quantitative estimate of drug-likeness (QED) is 0.631. The molecule has 0 aliphatic carbocycles. The van der Waals surface area contributed by atoms with Crippen LogP contribution in [0.15, 0.2) is 0 Å². The molecule has 0 saturated heterocycles. The highest BCUT2D eigenvalue weighted by molar-refractivity contribution is 7.98. The monoisotopic (exact) mass is 331 g/mol. The van der Waals surface area contributed by atoms with Gasteiger partial charge in [-0.25, -0.2) is 4.98 Å². The van der Waals surface area contributed by atoms with Crippen molar-refractivity contribution >= 4 is 28.2 Å². The average molecular weight is 332 g/mol. The number of anilines is 1. The van der Waals surface area contributed by atoms with Gasteiger partial charge in [0.25, 0.3) is 0 Å². The first kappa shape index (κ1) is 18.7. The maximum absolute atomic E-state index is 5.07. The Kier molecular flexibility index (Phi) is 9.31. The highest BCUT2D eigenvalue weighted by atomic mass is 32.2. The van der Waals surface area contributed by atoms with Gasteiger partial charge in [-0.05, 0) is 19.6 Å². The first-order valence-corrected chi connectivity index (χ1v) is 9.75. The van der Waals surface area contributed by atoms with Gasteiger partial charge in [0.1, 0.15) is 0 Å². The van der Waals surface area contributed by atoms with Crippen molar-refractivity contribution in [3.63, 3.8) is 0 Å². The summed E-state index contributed by atoms with van der Waals surface area (Å²) in [6.45, 7) is 6.99. The van der Waals surface area contributed by atoms with E-state index in [-0.39, 0.29) is 0 Å². The number of nitrogens with one attached hydrogen (secondary N) is 1. The van der Waals surface area contributed by atoms with Gasteiger partial charge in [-0.3, -0.25) is 0 Å². The summed E-state index contributed by atoms with van der Waals surface area (Å²) >= 11 is 3.70. The molecule has 0 aromatic carbocycles. The third-order valence-electron chi connectivity index (χ3n) is 3.39. The summed E-state index contributed by atoms with van der Waals surface area (Å²) in [7, 11) is 3.88. The Balaban J connectivity index is 2.72. The minimum absolute atomic E-state index is 0.509. The molecule has 0 radical (unpaired) electrons. The molecule has 0 amide bonds. The van der Waals surface area contributed by atoms with Crippen LogP contribution in [0.4, 0.5) is 5.13 Å². The molecule has 6 heteroatoms. The molecule has 0 aliphatic rings. The Morgan fingerprint density at radius 2 is 2.24 bits per heavy atom. The van der Waals surface area contributed by atoms with E-state index >= 15 is 0 Å². The summed E-state index contributed by atoms with van der Waals surface area (Å²) in [5.41, 5.74) is 1.26. The number of methoxy groups -OCH3 is 1. The zero-order chi connectivity index (χ0) is 15.7. The van der Waals surface area contributed by atoms with E-state index in [4.69, 9.17) is 9.72 Å². The van der Waals surface area contributed by atoms with Gasteiger partial charge >= 0.3 is 0 Å². The van der Waals surface area contributed by atoms with Crippen LogP contribution in [0.2, 0.25) is 0 Å². The number of hydrogen-bond donors (Lipinski definition) is 1. The number of ether oxygens (including phenoxy) is 1. The smallest absolute Gasteiger partial charge is 0.185 e. The van der Waals surface area contributed by atoms with Crippen molar-refractivity contribution in [2.75, 3.05) is 44.2 Å². The molecule has 0 saturated carbocycles. The molecule has 21 heavy (non-hydrogen) atoms. The van der Waals surface area contributed by atoms with E-state index in [2.05, 4.69) is 37.4 Å². The van der Waals surface area contributed by atoms with Crippen LogP contribution in [0.5, 0.6) is 0 Å². The number of thiazole rings is 1. The zero-order valence-corrected chi connectivity index (χ0v) is 15.6. The molecule has 0 spiro atoms. The predicted octanol–water partition coefficient (Wildman–Crippen LogP) is 3.02. The number of thioether (sulfide) groups is 1. The molecule has 4 nitrogen and oxygen atoms in total. The van der Waals surface area contributed by atoms with Crippen LogP contribution in [0.3, 0.4) is 0 Å². The Labute approximate surface area is 137 Å². The van der Waals surface area contributed by atoms with Crippen molar-refractivity contribution in [3.05, 3.63) is 10.6 Å². The highest BCUT2D eigenvalue weighted by Gasteiger charge is 2.16. The number of aryl methyl sites for hydroxylation is 1. The molecule has 0 fully saturated rings. The van der Waals surface area contributed by atoms with Gasteiger partial charge in [0.2, 0.25) is 0 Å². The SMILES string of the molecule is CCCc1nc(N(C)C(C)CSC)sc1CNCCOC. The molecule has 122 valence electrons. The summed E-state index contributed by atoms with van der Waals surface area (Å²) in [4.78, 5) is 8.54. The second kappa shape index (κ2) is 10.4. The topological polar surface area (TPSA) is 37.4 Å². The van der Waals surface area contributed by atoms with Gasteiger partial charge in [-0.2, -0.15) is 11.8 Å². The number of rotatable bonds is 11. The normalized spacial score (nSPS) is 12.6. The van der Waals surface area contributed by atoms with E-state index < -0.39 is 0 Å². The lowest BCUT2D eigenvalue weighted by Gasteiger charge is -2.23. The standard InChI is InChI=1S/C15H29N3OS2/c1-6-7-13-14(10-16-8-9-19-4)21-15(17-13)18(3)12(2)11-20-5/h12,16H,6-11H2,1-5H3. The predicted molar refractivity (Wildman–Crippen MR) is 95.9 cm³/mol. The largest absolute Gasteiger partial charge is 0.383 e.